The predicted octanol–water partition coefficient (Wildman–Crippen LogP) is 3.57. The lowest BCUT2D eigenvalue weighted by Crippen LogP contribution is -2.47. The van der Waals surface area contributed by atoms with Crippen LogP contribution >= 0.6 is 0 Å². The maximum atomic E-state index is 14.1. The fraction of sp³-hybridized carbons (Fsp3) is 0.613. The number of Topliss-reactive ketones (excluding diaryl/α,β-unsaturated/α-hetero) is 1. The first-order valence-corrected chi connectivity index (χ1v) is 14.0. The van der Waals surface area contributed by atoms with Crippen LogP contribution in [0.4, 0.5) is 0 Å². The summed E-state index contributed by atoms with van der Waals surface area (Å²) < 4.78 is 23.9. The van der Waals surface area contributed by atoms with E-state index in [0.717, 1.165) is 0 Å². The van der Waals surface area contributed by atoms with E-state index in [1.807, 2.05) is 19.9 Å². The highest BCUT2D eigenvalue weighted by molar-refractivity contribution is 5.95. The van der Waals surface area contributed by atoms with Crippen LogP contribution in [-0.2, 0) is 33.3 Å². The second-order valence-electron chi connectivity index (χ2n) is 12.4. The van der Waals surface area contributed by atoms with Gasteiger partial charge in [0.05, 0.1) is 17.6 Å². The first-order chi connectivity index (χ1) is 18.8. The molecule has 0 radical (unpaired) electrons. The second kappa shape index (κ2) is 9.80. The maximum absolute atomic E-state index is 14.1. The van der Waals surface area contributed by atoms with Crippen LogP contribution in [-0.4, -0.2) is 64.4 Å². The fourth-order valence-corrected chi connectivity index (χ4v) is 7.29. The van der Waals surface area contributed by atoms with Crippen LogP contribution < -0.4 is 0 Å². The second-order valence-corrected chi connectivity index (χ2v) is 12.4. The molecule has 4 aliphatic rings. The summed E-state index contributed by atoms with van der Waals surface area (Å²) in [4.78, 5) is 52.0. The molecular weight excluding hydrogens is 516 g/mol. The van der Waals surface area contributed by atoms with Gasteiger partial charge < -0.3 is 24.1 Å². The average Bonchev–Trinajstić information content (AvgIpc) is 3.77. The molecule has 1 aromatic rings. The van der Waals surface area contributed by atoms with E-state index in [1.54, 1.807) is 44.2 Å². The molecule has 40 heavy (non-hydrogen) atoms. The zero-order chi connectivity index (χ0) is 29.2. The van der Waals surface area contributed by atoms with Crippen LogP contribution in [0.25, 0.3) is 0 Å². The van der Waals surface area contributed by atoms with Gasteiger partial charge in [-0.2, -0.15) is 0 Å². The number of carbonyl (C=O) groups excluding carboxylic acids is 4. The monoisotopic (exact) mass is 554 g/mol. The Bertz CT molecular complexity index is 1260. The summed E-state index contributed by atoms with van der Waals surface area (Å²) in [5, 5.41) is 11.2. The molecule has 1 N–H and O–H groups in total. The maximum Gasteiger partial charge on any atom is 0.338 e. The topological polar surface area (TPSA) is 129 Å². The molecule has 9 heteroatoms. The van der Waals surface area contributed by atoms with Crippen LogP contribution in [0.2, 0.25) is 0 Å². The number of aliphatic hydroxyl groups excluding tert-OH is 1. The van der Waals surface area contributed by atoms with Gasteiger partial charge in [0.2, 0.25) is 0 Å². The van der Waals surface area contributed by atoms with Gasteiger partial charge in [0.25, 0.3) is 0 Å². The summed E-state index contributed by atoms with van der Waals surface area (Å²) in [5.74, 6) is -3.12. The Morgan fingerprint density at radius 1 is 1.00 bits per heavy atom. The molecular formula is C31H38O9. The molecule has 3 fully saturated rings. The SMILES string of the molecule is CC(=O)O[C@@H]1[C@H]2C[C@@]2(C)[C@H](OC(=O)c2ccccc2)[C@H](OC(C)=O)/C(C)=C/C[C@@]23O[C@@]2(C[C@@H](C)[C@H]3O)C(=O)[C@@H]1C. The van der Waals surface area contributed by atoms with Crippen molar-refractivity contribution >= 4 is 23.7 Å². The first kappa shape index (κ1) is 28.5. The van der Waals surface area contributed by atoms with E-state index < -0.39 is 64.9 Å². The number of epoxide rings is 1. The van der Waals surface area contributed by atoms with Crippen molar-refractivity contribution in [2.75, 3.05) is 0 Å². The normalized spacial score (nSPS) is 43.3. The fourth-order valence-electron chi connectivity index (χ4n) is 7.29. The Hall–Kier alpha value is -3.04. The average molecular weight is 555 g/mol. The largest absolute Gasteiger partial charge is 0.461 e. The Balaban J connectivity index is 1.62. The van der Waals surface area contributed by atoms with Crippen LogP contribution in [0.1, 0.15) is 71.2 Å². The lowest BCUT2D eigenvalue weighted by Gasteiger charge is -2.35. The minimum Gasteiger partial charge on any atom is -0.461 e. The number of fused-ring (bicyclic) bond motifs is 1. The molecule has 1 aliphatic heterocycles. The third kappa shape index (κ3) is 4.38. The van der Waals surface area contributed by atoms with Crippen molar-refractivity contribution in [1.29, 1.82) is 0 Å². The molecule has 3 aliphatic carbocycles. The van der Waals surface area contributed by atoms with Crippen molar-refractivity contribution in [1.82, 2.24) is 0 Å². The van der Waals surface area contributed by atoms with Gasteiger partial charge in [-0.15, -0.1) is 0 Å². The van der Waals surface area contributed by atoms with E-state index in [9.17, 15) is 24.3 Å². The Morgan fingerprint density at radius 2 is 1.65 bits per heavy atom. The molecule has 1 aromatic carbocycles. The summed E-state index contributed by atoms with van der Waals surface area (Å²) in [5.41, 5.74) is -2.11. The van der Waals surface area contributed by atoms with E-state index in [-0.39, 0.29) is 24.0 Å². The number of hydrogen-bond donors (Lipinski definition) is 1. The third-order valence-corrected chi connectivity index (χ3v) is 9.61. The number of ether oxygens (including phenoxy) is 4. The van der Waals surface area contributed by atoms with Crippen molar-refractivity contribution in [3.63, 3.8) is 0 Å². The molecule has 5 rings (SSSR count). The summed E-state index contributed by atoms with van der Waals surface area (Å²) >= 11 is 0. The Morgan fingerprint density at radius 3 is 2.27 bits per heavy atom. The molecule has 9 nitrogen and oxygen atoms in total. The molecule has 1 heterocycles. The molecule has 0 amide bonds. The quantitative estimate of drug-likeness (QED) is 0.257. The highest BCUT2D eigenvalue weighted by Crippen LogP contribution is 2.67. The standard InChI is InChI=1S/C31H38O9/c1-16-12-13-30-25(34)17(2)14-31(30,40-30)26(35)18(3)24(38-20(5)33)22-15-29(22,6)27(23(16)37-19(4)32)39-28(36)21-10-8-7-9-11-21/h7-12,17-18,22-25,27,34H,13-15H2,1-6H3/b16-12+/t17-,18-,22-,23-,24+,25-,27-,29-,30+,31+/m1/s1. The zero-order valence-corrected chi connectivity index (χ0v) is 23.8. The molecule has 0 bridgehead atoms. The van der Waals surface area contributed by atoms with Gasteiger partial charge in [-0.1, -0.05) is 45.0 Å². The van der Waals surface area contributed by atoms with E-state index in [2.05, 4.69) is 0 Å². The summed E-state index contributed by atoms with van der Waals surface area (Å²) in [7, 11) is 0. The van der Waals surface area contributed by atoms with Crippen LogP contribution in [0.5, 0.6) is 0 Å². The number of ketones is 1. The van der Waals surface area contributed by atoms with Crippen molar-refractivity contribution in [3.05, 3.63) is 47.5 Å². The van der Waals surface area contributed by atoms with Gasteiger partial charge >= 0.3 is 17.9 Å². The number of esters is 3. The van der Waals surface area contributed by atoms with Crippen molar-refractivity contribution in [2.45, 2.75) is 96.4 Å². The number of aliphatic hydroxyl groups is 1. The molecule has 0 spiro atoms. The van der Waals surface area contributed by atoms with Gasteiger partial charge in [0.1, 0.15) is 17.8 Å². The molecule has 2 saturated carbocycles. The smallest absolute Gasteiger partial charge is 0.338 e. The van der Waals surface area contributed by atoms with Crippen LogP contribution in [0.15, 0.2) is 42.0 Å². The van der Waals surface area contributed by atoms with E-state index in [4.69, 9.17) is 18.9 Å². The number of benzene rings is 1. The lowest BCUT2D eigenvalue weighted by molar-refractivity contribution is -0.156. The van der Waals surface area contributed by atoms with E-state index in [0.29, 0.717) is 24.0 Å². The van der Waals surface area contributed by atoms with Crippen LogP contribution in [0, 0.1) is 23.2 Å². The molecule has 1 saturated heterocycles. The number of rotatable bonds is 4. The minimum atomic E-state index is -1.18. The van der Waals surface area contributed by atoms with Crippen LogP contribution in [0.3, 0.4) is 0 Å². The third-order valence-electron chi connectivity index (χ3n) is 9.61. The number of carbonyl (C=O) groups is 4. The summed E-state index contributed by atoms with van der Waals surface area (Å²) in [6.07, 6.45) is -0.708. The van der Waals surface area contributed by atoms with Crippen molar-refractivity contribution in [2.24, 2.45) is 23.2 Å². The highest BCUT2D eigenvalue weighted by Gasteiger charge is 2.82. The molecule has 0 unspecified atom stereocenters. The van der Waals surface area contributed by atoms with Gasteiger partial charge in [-0.3, -0.25) is 14.4 Å². The van der Waals surface area contributed by atoms with Crippen molar-refractivity contribution in [3.8, 4) is 0 Å². The summed E-state index contributed by atoms with van der Waals surface area (Å²) in [6, 6.07) is 8.53. The zero-order valence-electron chi connectivity index (χ0n) is 23.8. The van der Waals surface area contributed by atoms with Gasteiger partial charge in [-0.25, -0.2) is 4.79 Å². The lowest BCUT2D eigenvalue weighted by atomic mass is 9.78. The van der Waals surface area contributed by atoms with E-state index >= 15 is 0 Å². The van der Waals surface area contributed by atoms with Gasteiger partial charge in [0.15, 0.2) is 17.5 Å². The van der Waals surface area contributed by atoms with Crippen molar-refractivity contribution < 1.29 is 43.2 Å². The molecule has 216 valence electrons. The highest BCUT2D eigenvalue weighted by atomic mass is 16.7. The molecule has 10 atom stereocenters. The van der Waals surface area contributed by atoms with Gasteiger partial charge in [-0.05, 0) is 43.4 Å². The molecule has 0 aromatic heterocycles. The summed E-state index contributed by atoms with van der Waals surface area (Å²) in [6.45, 7) is 9.90. The van der Waals surface area contributed by atoms with E-state index in [1.165, 1.54) is 13.8 Å². The Kier molecular flexibility index (Phi) is 6.98. The predicted molar refractivity (Wildman–Crippen MR) is 142 cm³/mol. The Labute approximate surface area is 234 Å². The number of hydrogen-bond acceptors (Lipinski definition) is 9. The van der Waals surface area contributed by atoms with Gasteiger partial charge in [0, 0.05) is 31.6 Å². The minimum absolute atomic E-state index is 0.175. The first-order valence-electron chi connectivity index (χ1n) is 14.0.